The van der Waals surface area contributed by atoms with E-state index in [1.54, 1.807) is 9.21 Å². The number of piperidine rings is 1. The summed E-state index contributed by atoms with van der Waals surface area (Å²) in [6.07, 6.45) is 2.04. The Labute approximate surface area is 115 Å². The SMILES string of the molecule is CC(=O)N1CCN(S(=O)(=O)N2CCC[C@H](C)C2)CC1. The van der Waals surface area contributed by atoms with Crippen LogP contribution in [-0.4, -0.2) is 67.1 Å². The van der Waals surface area contributed by atoms with Crippen LogP contribution in [0.3, 0.4) is 0 Å². The molecular weight excluding hydrogens is 266 g/mol. The predicted molar refractivity (Wildman–Crippen MR) is 72.7 cm³/mol. The molecule has 0 radical (unpaired) electrons. The molecule has 7 heteroatoms. The average molecular weight is 289 g/mol. The second-order valence-electron chi connectivity index (χ2n) is 5.52. The Kier molecular flexibility index (Phi) is 4.47. The van der Waals surface area contributed by atoms with Crippen LogP contribution in [0.25, 0.3) is 0 Å². The van der Waals surface area contributed by atoms with Gasteiger partial charge in [-0.25, -0.2) is 0 Å². The number of hydrogen-bond donors (Lipinski definition) is 0. The minimum atomic E-state index is -3.34. The van der Waals surface area contributed by atoms with Gasteiger partial charge in [-0.15, -0.1) is 0 Å². The summed E-state index contributed by atoms with van der Waals surface area (Å²) in [6, 6.07) is 0. The third-order valence-corrected chi connectivity index (χ3v) is 5.96. The van der Waals surface area contributed by atoms with Crippen LogP contribution >= 0.6 is 0 Å². The third-order valence-electron chi connectivity index (χ3n) is 3.96. The Morgan fingerprint density at radius 1 is 1.05 bits per heavy atom. The van der Waals surface area contributed by atoms with Gasteiger partial charge in [0.05, 0.1) is 0 Å². The van der Waals surface area contributed by atoms with Gasteiger partial charge in [-0.05, 0) is 18.8 Å². The van der Waals surface area contributed by atoms with E-state index >= 15 is 0 Å². The van der Waals surface area contributed by atoms with Crippen LogP contribution in [0.15, 0.2) is 0 Å². The highest BCUT2D eigenvalue weighted by molar-refractivity contribution is 7.86. The molecule has 0 saturated carbocycles. The number of nitrogens with zero attached hydrogens (tertiary/aromatic N) is 3. The molecule has 6 nitrogen and oxygen atoms in total. The number of piperazine rings is 1. The van der Waals surface area contributed by atoms with Crippen molar-refractivity contribution < 1.29 is 13.2 Å². The molecule has 0 spiro atoms. The lowest BCUT2D eigenvalue weighted by atomic mass is 10.0. The number of amides is 1. The van der Waals surface area contributed by atoms with Crippen LogP contribution in [0, 0.1) is 5.92 Å². The molecule has 2 aliphatic rings. The largest absolute Gasteiger partial charge is 0.340 e. The fourth-order valence-electron chi connectivity index (χ4n) is 2.75. The molecule has 2 rings (SSSR count). The molecule has 0 N–H and O–H groups in total. The predicted octanol–water partition coefficient (Wildman–Crippen LogP) is 0.127. The summed E-state index contributed by atoms with van der Waals surface area (Å²) >= 11 is 0. The van der Waals surface area contributed by atoms with E-state index in [9.17, 15) is 13.2 Å². The zero-order chi connectivity index (χ0) is 14.0. The van der Waals surface area contributed by atoms with Gasteiger partial charge in [0.25, 0.3) is 10.2 Å². The van der Waals surface area contributed by atoms with Gasteiger partial charge in [-0.1, -0.05) is 6.92 Å². The van der Waals surface area contributed by atoms with Crippen molar-refractivity contribution >= 4 is 16.1 Å². The van der Waals surface area contributed by atoms with E-state index in [1.165, 1.54) is 11.2 Å². The van der Waals surface area contributed by atoms with Crippen molar-refractivity contribution in [3.63, 3.8) is 0 Å². The summed E-state index contributed by atoms with van der Waals surface area (Å²) in [4.78, 5) is 12.9. The molecule has 1 atom stereocenters. The maximum absolute atomic E-state index is 12.5. The number of hydrogen-bond acceptors (Lipinski definition) is 3. The van der Waals surface area contributed by atoms with E-state index in [2.05, 4.69) is 6.92 Å². The molecule has 2 fully saturated rings. The Hall–Kier alpha value is -0.660. The molecule has 0 aromatic heterocycles. The minimum Gasteiger partial charge on any atom is -0.340 e. The number of carbonyl (C=O) groups excluding carboxylic acids is 1. The normalized spacial score (nSPS) is 27.5. The van der Waals surface area contributed by atoms with Crippen molar-refractivity contribution in [3.05, 3.63) is 0 Å². The molecule has 0 aliphatic carbocycles. The third kappa shape index (κ3) is 3.27. The topological polar surface area (TPSA) is 60.9 Å². The molecule has 2 saturated heterocycles. The van der Waals surface area contributed by atoms with Gasteiger partial charge in [0, 0.05) is 46.2 Å². The molecular formula is C12H23N3O3S. The molecule has 2 heterocycles. The molecule has 2 aliphatic heterocycles. The van der Waals surface area contributed by atoms with Crippen LogP contribution in [0.5, 0.6) is 0 Å². The highest BCUT2D eigenvalue weighted by Gasteiger charge is 2.34. The molecule has 0 bridgehead atoms. The maximum Gasteiger partial charge on any atom is 0.282 e. The van der Waals surface area contributed by atoms with E-state index in [0.717, 1.165) is 12.8 Å². The fourth-order valence-corrected chi connectivity index (χ4v) is 4.51. The zero-order valence-electron chi connectivity index (χ0n) is 11.7. The molecule has 19 heavy (non-hydrogen) atoms. The van der Waals surface area contributed by atoms with Gasteiger partial charge >= 0.3 is 0 Å². The summed E-state index contributed by atoms with van der Waals surface area (Å²) < 4.78 is 28.1. The minimum absolute atomic E-state index is 0.0173. The fraction of sp³-hybridized carbons (Fsp3) is 0.917. The van der Waals surface area contributed by atoms with Crippen molar-refractivity contribution in [2.24, 2.45) is 5.92 Å². The lowest BCUT2D eigenvalue weighted by molar-refractivity contribution is -0.130. The molecule has 0 unspecified atom stereocenters. The van der Waals surface area contributed by atoms with E-state index in [4.69, 9.17) is 0 Å². The van der Waals surface area contributed by atoms with Gasteiger partial charge in [-0.3, -0.25) is 4.79 Å². The molecule has 110 valence electrons. The van der Waals surface area contributed by atoms with Gasteiger partial charge < -0.3 is 4.90 Å². The summed E-state index contributed by atoms with van der Waals surface area (Å²) in [5.74, 6) is 0.450. The highest BCUT2D eigenvalue weighted by Crippen LogP contribution is 2.21. The Bertz CT molecular complexity index is 430. The molecule has 0 aromatic carbocycles. The first-order chi connectivity index (χ1) is 8.91. The first-order valence-corrected chi connectivity index (χ1v) is 8.31. The summed E-state index contributed by atoms with van der Waals surface area (Å²) in [7, 11) is -3.34. The maximum atomic E-state index is 12.5. The van der Waals surface area contributed by atoms with Gasteiger partial charge in [0.1, 0.15) is 0 Å². The second kappa shape index (κ2) is 5.76. The molecule has 0 aromatic rings. The zero-order valence-corrected chi connectivity index (χ0v) is 12.5. The Morgan fingerprint density at radius 3 is 2.21 bits per heavy atom. The van der Waals surface area contributed by atoms with Crippen LogP contribution in [-0.2, 0) is 15.0 Å². The number of carbonyl (C=O) groups is 1. The van der Waals surface area contributed by atoms with Crippen LogP contribution in [0.4, 0.5) is 0 Å². The quantitative estimate of drug-likeness (QED) is 0.726. The van der Waals surface area contributed by atoms with Gasteiger partial charge in [0.15, 0.2) is 0 Å². The van der Waals surface area contributed by atoms with Crippen molar-refractivity contribution in [2.75, 3.05) is 39.3 Å². The van der Waals surface area contributed by atoms with Crippen molar-refractivity contribution in [2.45, 2.75) is 26.7 Å². The van der Waals surface area contributed by atoms with Gasteiger partial charge in [0.2, 0.25) is 5.91 Å². The van der Waals surface area contributed by atoms with Crippen LogP contribution < -0.4 is 0 Å². The van der Waals surface area contributed by atoms with Crippen LogP contribution in [0.1, 0.15) is 26.7 Å². The van der Waals surface area contributed by atoms with Crippen molar-refractivity contribution in [1.82, 2.24) is 13.5 Å². The first-order valence-electron chi connectivity index (χ1n) is 6.92. The summed E-state index contributed by atoms with van der Waals surface area (Å²) in [5.41, 5.74) is 0. The molecule has 1 amide bonds. The Morgan fingerprint density at radius 2 is 1.68 bits per heavy atom. The lowest BCUT2D eigenvalue weighted by Gasteiger charge is -2.38. The summed E-state index contributed by atoms with van der Waals surface area (Å²) in [6.45, 7) is 6.68. The smallest absolute Gasteiger partial charge is 0.282 e. The van der Waals surface area contributed by atoms with E-state index in [1.807, 2.05) is 0 Å². The number of rotatable bonds is 2. The van der Waals surface area contributed by atoms with Crippen LogP contribution in [0.2, 0.25) is 0 Å². The second-order valence-corrected chi connectivity index (χ2v) is 7.45. The van der Waals surface area contributed by atoms with Crippen molar-refractivity contribution in [3.8, 4) is 0 Å². The summed E-state index contributed by atoms with van der Waals surface area (Å²) in [5, 5.41) is 0. The van der Waals surface area contributed by atoms with E-state index in [-0.39, 0.29) is 5.91 Å². The standard InChI is InChI=1S/C12H23N3O3S/c1-11-4-3-5-15(10-11)19(17,18)14-8-6-13(7-9-14)12(2)16/h11H,3-10H2,1-2H3/t11-/m0/s1. The highest BCUT2D eigenvalue weighted by atomic mass is 32.2. The monoisotopic (exact) mass is 289 g/mol. The van der Waals surface area contributed by atoms with Gasteiger partial charge in [-0.2, -0.15) is 17.0 Å². The first kappa shape index (κ1) is 14.7. The van der Waals surface area contributed by atoms with E-state index < -0.39 is 10.2 Å². The Balaban J connectivity index is 1.99. The van der Waals surface area contributed by atoms with Crippen molar-refractivity contribution in [1.29, 1.82) is 0 Å². The van der Waals surface area contributed by atoms with E-state index in [0.29, 0.717) is 45.2 Å². The lowest BCUT2D eigenvalue weighted by Crippen LogP contribution is -2.55. The average Bonchev–Trinajstić information content (AvgIpc) is 2.39.